The van der Waals surface area contributed by atoms with E-state index in [1.54, 1.807) is 4.31 Å². The first-order valence-electron chi connectivity index (χ1n) is 6.39. The molecule has 0 saturated carbocycles. The first-order valence-corrected chi connectivity index (χ1v) is 8.00. The molecule has 0 aliphatic carbocycles. The van der Waals surface area contributed by atoms with Gasteiger partial charge in [-0.1, -0.05) is 6.92 Å². The number of sulfonamides is 1. The van der Waals surface area contributed by atoms with E-state index in [2.05, 4.69) is 18.9 Å². The van der Waals surface area contributed by atoms with Crippen molar-refractivity contribution in [3.05, 3.63) is 0 Å². The van der Waals surface area contributed by atoms with E-state index in [0.29, 0.717) is 19.5 Å². The van der Waals surface area contributed by atoms with Crippen molar-refractivity contribution >= 4 is 10.0 Å². The fraction of sp³-hybridized carbons (Fsp3) is 1.00. The minimum Gasteiger partial charge on any atom is -0.330 e. The molecular formula is C11H25N3O2S. The van der Waals surface area contributed by atoms with Gasteiger partial charge in [0.15, 0.2) is 0 Å². The van der Waals surface area contributed by atoms with Crippen LogP contribution >= 0.6 is 0 Å². The summed E-state index contributed by atoms with van der Waals surface area (Å²) in [6, 6.07) is 0.116. The van der Waals surface area contributed by atoms with Gasteiger partial charge in [-0.15, -0.1) is 0 Å². The van der Waals surface area contributed by atoms with Crippen LogP contribution in [0.5, 0.6) is 0 Å². The van der Waals surface area contributed by atoms with Gasteiger partial charge < -0.3 is 10.6 Å². The van der Waals surface area contributed by atoms with Gasteiger partial charge in [0.05, 0.1) is 5.75 Å². The molecule has 1 rings (SSSR count). The molecule has 1 heterocycles. The van der Waals surface area contributed by atoms with Crippen molar-refractivity contribution in [3.8, 4) is 0 Å². The van der Waals surface area contributed by atoms with Crippen molar-refractivity contribution in [2.24, 2.45) is 5.73 Å². The maximum atomic E-state index is 12.2. The van der Waals surface area contributed by atoms with Crippen molar-refractivity contribution in [2.45, 2.75) is 32.2 Å². The largest absolute Gasteiger partial charge is 0.330 e. The summed E-state index contributed by atoms with van der Waals surface area (Å²) >= 11 is 0. The summed E-state index contributed by atoms with van der Waals surface area (Å²) in [5.74, 6) is 0.184. The molecule has 2 N–H and O–H groups in total. The summed E-state index contributed by atoms with van der Waals surface area (Å²) in [6.45, 7) is 4.94. The van der Waals surface area contributed by atoms with Crippen molar-refractivity contribution in [1.29, 1.82) is 0 Å². The number of nitrogens with zero attached hydrogens (tertiary/aromatic N) is 2. The molecule has 1 fully saturated rings. The van der Waals surface area contributed by atoms with Crippen LogP contribution in [0.3, 0.4) is 0 Å². The molecule has 6 heteroatoms. The second-order valence-electron chi connectivity index (χ2n) is 4.75. The second-order valence-corrected chi connectivity index (χ2v) is 6.79. The minimum absolute atomic E-state index is 0.116. The van der Waals surface area contributed by atoms with Crippen LogP contribution in [0.2, 0.25) is 0 Å². The summed E-state index contributed by atoms with van der Waals surface area (Å²) in [4.78, 5) is 2.21. The lowest BCUT2D eigenvalue weighted by Crippen LogP contribution is -2.44. The molecule has 0 spiro atoms. The Bertz CT molecular complexity index is 319. The average molecular weight is 263 g/mol. The highest BCUT2D eigenvalue weighted by atomic mass is 32.2. The van der Waals surface area contributed by atoms with Crippen LogP contribution in [0.25, 0.3) is 0 Å². The van der Waals surface area contributed by atoms with Crippen molar-refractivity contribution in [1.82, 2.24) is 9.21 Å². The highest BCUT2D eigenvalue weighted by Crippen LogP contribution is 2.17. The Morgan fingerprint density at radius 3 is 2.65 bits per heavy atom. The third-order valence-corrected chi connectivity index (χ3v) is 5.28. The Balaban J connectivity index is 2.77. The summed E-state index contributed by atoms with van der Waals surface area (Å²) in [5, 5.41) is 0. The Hall–Kier alpha value is -0.170. The van der Waals surface area contributed by atoms with Crippen molar-refractivity contribution < 1.29 is 8.42 Å². The molecule has 0 amide bonds. The summed E-state index contributed by atoms with van der Waals surface area (Å²) < 4.78 is 26.2. The van der Waals surface area contributed by atoms with E-state index >= 15 is 0 Å². The zero-order chi connectivity index (χ0) is 12.9. The molecule has 17 heavy (non-hydrogen) atoms. The first kappa shape index (κ1) is 14.9. The monoisotopic (exact) mass is 263 g/mol. The standard InChI is InChI=1S/C11H25N3O2S/c1-3-11-10-13(2)7-5-8-14(11)17(15,16)9-4-6-12/h11H,3-10,12H2,1-2H3. The molecule has 1 aliphatic rings. The SMILES string of the molecule is CCC1CN(C)CCCN1S(=O)(=O)CCCN. The third kappa shape index (κ3) is 4.21. The van der Waals surface area contributed by atoms with Gasteiger partial charge >= 0.3 is 0 Å². The summed E-state index contributed by atoms with van der Waals surface area (Å²) in [7, 11) is -1.07. The molecule has 0 aromatic carbocycles. The predicted octanol–water partition coefficient (Wildman–Crippen LogP) is 0.0811. The summed E-state index contributed by atoms with van der Waals surface area (Å²) in [5.41, 5.74) is 5.39. The van der Waals surface area contributed by atoms with Crippen LogP contribution in [0.15, 0.2) is 0 Å². The predicted molar refractivity (Wildman–Crippen MR) is 70.4 cm³/mol. The molecule has 0 bridgehead atoms. The number of nitrogens with two attached hydrogens (primary N) is 1. The third-order valence-electron chi connectivity index (χ3n) is 3.28. The molecule has 1 saturated heterocycles. The number of hydrogen-bond acceptors (Lipinski definition) is 4. The zero-order valence-electron chi connectivity index (χ0n) is 10.9. The van der Waals surface area contributed by atoms with Crippen LogP contribution in [-0.4, -0.2) is 62.6 Å². The smallest absolute Gasteiger partial charge is 0.214 e. The Morgan fingerprint density at radius 2 is 2.06 bits per heavy atom. The van der Waals surface area contributed by atoms with E-state index in [1.165, 1.54) is 0 Å². The molecule has 1 atom stereocenters. The highest BCUT2D eigenvalue weighted by Gasteiger charge is 2.30. The van der Waals surface area contributed by atoms with Crippen LogP contribution < -0.4 is 5.73 Å². The molecule has 102 valence electrons. The van der Waals surface area contributed by atoms with E-state index in [4.69, 9.17) is 5.73 Å². The van der Waals surface area contributed by atoms with E-state index in [-0.39, 0.29) is 11.8 Å². The maximum Gasteiger partial charge on any atom is 0.214 e. The number of rotatable bonds is 5. The first-order chi connectivity index (χ1) is 8.01. The molecule has 0 radical (unpaired) electrons. The Morgan fingerprint density at radius 1 is 1.35 bits per heavy atom. The number of likely N-dealkylation sites (N-methyl/N-ethyl adjacent to an activating group) is 1. The van der Waals surface area contributed by atoms with E-state index in [0.717, 1.165) is 25.9 Å². The Labute approximate surface area is 105 Å². The van der Waals surface area contributed by atoms with Crippen LogP contribution in [0.4, 0.5) is 0 Å². The molecule has 0 aromatic rings. The lowest BCUT2D eigenvalue weighted by Gasteiger charge is -2.29. The maximum absolute atomic E-state index is 12.2. The van der Waals surface area contributed by atoms with Gasteiger partial charge in [-0.25, -0.2) is 8.42 Å². The van der Waals surface area contributed by atoms with Crippen LogP contribution in [0.1, 0.15) is 26.2 Å². The fourth-order valence-electron chi connectivity index (χ4n) is 2.30. The zero-order valence-corrected chi connectivity index (χ0v) is 11.7. The van der Waals surface area contributed by atoms with Crippen molar-refractivity contribution in [3.63, 3.8) is 0 Å². The summed E-state index contributed by atoms with van der Waals surface area (Å²) in [6.07, 6.45) is 2.33. The molecule has 1 aliphatic heterocycles. The van der Waals surface area contributed by atoms with Crippen molar-refractivity contribution in [2.75, 3.05) is 39.0 Å². The van der Waals surface area contributed by atoms with Crippen LogP contribution in [-0.2, 0) is 10.0 Å². The fourth-order valence-corrected chi connectivity index (χ4v) is 4.15. The number of hydrogen-bond donors (Lipinski definition) is 1. The normalized spacial score (nSPS) is 24.8. The molecular weight excluding hydrogens is 238 g/mol. The van der Waals surface area contributed by atoms with Gasteiger partial charge in [0, 0.05) is 19.1 Å². The lowest BCUT2D eigenvalue weighted by molar-refractivity contribution is 0.270. The van der Waals surface area contributed by atoms with Gasteiger partial charge in [-0.05, 0) is 39.4 Å². The van der Waals surface area contributed by atoms with E-state index < -0.39 is 10.0 Å². The van der Waals surface area contributed by atoms with Crippen LogP contribution in [0, 0.1) is 0 Å². The molecule has 5 nitrogen and oxygen atoms in total. The van der Waals surface area contributed by atoms with E-state index in [1.807, 2.05) is 0 Å². The molecule has 0 aromatic heterocycles. The highest BCUT2D eigenvalue weighted by molar-refractivity contribution is 7.89. The quantitative estimate of drug-likeness (QED) is 0.763. The minimum atomic E-state index is -3.13. The topological polar surface area (TPSA) is 66.6 Å². The molecule has 1 unspecified atom stereocenters. The van der Waals surface area contributed by atoms with E-state index in [9.17, 15) is 8.42 Å². The second kappa shape index (κ2) is 6.68. The Kier molecular flexibility index (Phi) is 5.85. The van der Waals surface area contributed by atoms with Gasteiger partial charge in [0.25, 0.3) is 0 Å². The van der Waals surface area contributed by atoms with Gasteiger partial charge in [-0.2, -0.15) is 4.31 Å². The average Bonchev–Trinajstić information content (AvgIpc) is 2.48. The van der Waals surface area contributed by atoms with Gasteiger partial charge in [0.1, 0.15) is 0 Å². The lowest BCUT2D eigenvalue weighted by atomic mass is 10.2. The van der Waals surface area contributed by atoms with Gasteiger partial charge in [-0.3, -0.25) is 0 Å². The van der Waals surface area contributed by atoms with Gasteiger partial charge in [0.2, 0.25) is 10.0 Å².